The molecule has 0 aliphatic heterocycles. The third-order valence-corrected chi connectivity index (χ3v) is 2.43. The fourth-order valence-corrected chi connectivity index (χ4v) is 1.48. The van der Waals surface area contributed by atoms with Gasteiger partial charge in [-0.3, -0.25) is 4.79 Å². The lowest BCUT2D eigenvalue weighted by atomic mass is 10.2. The minimum absolute atomic E-state index is 0.0146. The number of urea groups is 1. The van der Waals surface area contributed by atoms with E-state index in [1.807, 2.05) is 0 Å². The smallest absolute Gasteiger partial charge is 0.319 e. The van der Waals surface area contributed by atoms with Crippen LogP contribution in [0.5, 0.6) is 0 Å². The first-order chi connectivity index (χ1) is 9.46. The number of rotatable bonds is 4. The highest BCUT2D eigenvalue weighted by molar-refractivity contribution is 5.91. The van der Waals surface area contributed by atoms with Gasteiger partial charge in [0.25, 0.3) is 0 Å². The number of carbonyl (C=O) groups excluding carboxylic acids is 2. The van der Waals surface area contributed by atoms with Gasteiger partial charge < -0.3 is 15.4 Å². The van der Waals surface area contributed by atoms with Crippen molar-refractivity contribution in [2.24, 2.45) is 0 Å². The first-order valence-electron chi connectivity index (χ1n) is 5.80. The normalized spacial score (nSPS) is 11.1. The van der Waals surface area contributed by atoms with Crippen LogP contribution in [0.4, 0.5) is 14.9 Å². The molecule has 0 spiro atoms. The third-order valence-electron chi connectivity index (χ3n) is 2.43. The van der Waals surface area contributed by atoms with Crippen LogP contribution in [0, 0.1) is 17.1 Å². The molecule has 2 N–H and O–H groups in total. The van der Waals surface area contributed by atoms with E-state index in [1.165, 1.54) is 13.2 Å². The van der Waals surface area contributed by atoms with Gasteiger partial charge in [-0.2, -0.15) is 5.26 Å². The summed E-state index contributed by atoms with van der Waals surface area (Å²) in [6.45, 7) is 1.63. The molecule has 0 aliphatic rings. The van der Waals surface area contributed by atoms with Crippen molar-refractivity contribution in [2.45, 2.75) is 19.4 Å². The SMILES string of the molecule is COC(=O)CC(C)NC(=O)Nc1ccc(F)cc1C#N. The average molecular weight is 279 g/mol. The van der Waals surface area contributed by atoms with Gasteiger partial charge >= 0.3 is 12.0 Å². The summed E-state index contributed by atoms with van der Waals surface area (Å²) in [5.41, 5.74) is 0.206. The number of ether oxygens (including phenoxy) is 1. The molecular formula is C13H14FN3O3. The van der Waals surface area contributed by atoms with E-state index < -0.39 is 23.9 Å². The first-order valence-corrected chi connectivity index (χ1v) is 5.80. The van der Waals surface area contributed by atoms with Crippen LogP contribution in [-0.4, -0.2) is 25.2 Å². The Kier molecular flexibility index (Phi) is 5.47. The fourth-order valence-electron chi connectivity index (χ4n) is 1.48. The lowest BCUT2D eigenvalue weighted by Crippen LogP contribution is -2.37. The molecule has 1 aromatic rings. The van der Waals surface area contributed by atoms with Gasteiger partial charge in [0.05, 0.1) is 24.8 Å². The van der Waals surface area contributed by atoms with Crippen molar-refractivity contribution >= 4 is 17.7 Å². The molecular weight excluding hydrogens is 265 g/mol. The summed E-state index contributed by atoms with van der Waals surface area (Å²) >= 11 is 0. The number of halogens is 1. The molecule has 0 heterocycles. The number of methoxy groups -OCH3 is 1. The van der Waals surface area contributed by atoms with E-state index in [0.29, 0.717) is 0 Å². The molecule has 20 heavy (non-hydrogen) atoms. The van der Waals surface area contributed by atoms with Crippen LogP contribution in [-0.2, 0) is 9.53 Å². The van der Waals surface area contributed by atoms with E-state index in [4.69, 9.17) is 5.26 Å². The number of nitriles is 1. The molecule has 0 fully saturated rings. The quantitative estimate of drug-likeness (QED) is 0.822. The number of nitrogens with zero attached hydrogens (tertiary/aromatic N) is 1. The summed E-state index contributed by atoms with van der Waals surface area (Å²) in [5.74, 6) is -1.01. The summed E-state index contributed by atoms with van der Waals surface area (Å²) in [5, 5.41) is 13.8. The Balaban J connectivity index is 2.63. The number of anilines is 1. The fraction of sp³-hybridized carbons (Fsp3) is 0.308. The van der Waals surface area contributed by atoms with E-state index >= 15 is 0 Å². The molecule has 1 unspecified atom stereocenters. The number of hydrogen-bond acceptors (Lipinski definition) is 4. The zero-order valence-corrected chi connectivity index (χ0v) is 11.1. The van der Waals surface area contributed by atoms with Gasteiger partial charge in [0.15, 0.2) is 0 Å². The van der Waals surface area contributed by atoms with Crippen molar-refractivity contribution in [1.29, 1.82) is 5.26 Å². The van der Waals surface area contributed by atoms with Gasteiger partial charge in [-0.1, -0.05) is 0 Å². The second-order valence-corrected chi connectivity index (χ2v) is 4.08. The van der Waals surface area contributed by atoms with Crippen LogP contribution in [0.1, 0.15) is 18.9 Å². The Bertz CT molecular complexity index is 554. The Hall–Kier alpha value is -2.62. The largest absolute Gasteiger partial charge is 0.469 e. The first kappa shape index (κ1) is 15.4. The molecule has 1 aromatic carbocycles. The molecule has 7 heteroatoms. The van der Waals surface area contributed by atoms with Crippen molar-refractivity contribution in [2.75, 3.05) is 12.4 Å². The maximum absolute atomic E-state index is 12.9. The number of nitrogens with one attached hydrogen (secondary N) is 2. The molecule has 0 bridgehead atoms. The van der Waals surface area contributed by atoms with E-state index in [2.05, 4.69) is 15.4 Å². The van der Waals surface area contributed by atoms with Gasteiger partial charge in [0.1, 0.15) is 11.9 Å². The van der Waals surface area contributed by atoms with Gasteiger partial charge in [-0.25, -0.2) is 9.18 Å². The Labute approximate surface area is 115 Å². The second-order valence-electron chi connectivity index (χ2n) is 4.08. The highest BCUT2D eigenvalue weighted by atomic mass is 19.1. The van der Waals surface area contributed by atoms with Crippen molar-refractivity contribution in [3.05, 3.63) is 29.6 Å². The van der Waals surface area contributed by atoms with Crippen molar-refractivity contribution in [3.63, 3.8) is 0 Å². The molecule has 1 atom stereocenters. The van der Waals surface area contributed by atoms with Gasteiger partial charge in [0.2, 0.25) is 0 Å². The second kappa shape index (κ2) is 7.09. The monoisotopic (exact) mass is 279 g/mol. The minimum Gasteiger partial charge on any atom is -0.469 e. The van der Waals surface area contributed by atoms with Gasteiger partial charge in [0, 0.05) is 6.04 Å². The Morgan fingerprint density at radius 1 is 1.50 bits per heavy atom. The maximum atomic E-state index is 12.9. The molecule has 0 saturated heterocycles. The molecule has 1 rings (SSSR count). The van der Waals surface area contributed by atoms with E-state index in [1.54, 1.807) is 13.0 Å². The summed E-state index contributed by atoms with van der Waals surface area (Å²) in [4.78, 5) is 22.7. The molecule has 0 saturated carbocycles. The van der Waals surface area contributed by atoms with Crippen LogP contribution >= 0.6 is 0 Å². The predicted octanol–water partition coefficient (Wildman–Crippen LogP) is 1.77. The van der Waals surface area contributed by atoms with Gasteiger partial charge in [-0.05, 0) is 25.1 Å². The van der Waals surface area contributed by atoms with Crippen LogP contribution < -0.4 is 10.6 Å². The lowest BCUT2D eigenvalue weighted by molar-refractivity contribution is -0.141. The Morgan fingerprint density at radius 2 is 2.20 bits per heavy atom. The predicted molar refractivity (Wildman–Crippen MR) is 69.4 cm³/mol. The van der Waals surface area contributed by atoms with E-state index in [-0.39, 0.29) is 17.7 Å². The van der Waals surface area contributed by atoms with Crippen LogP contribution in [0.2, 0.25) is 0 Å². The standard InChI is InChI=1S/C13H14FN3O3/c1-8(5-12(18)20-2)16-13(19)17-11-4-3-10(14)6-9(11)7-15/h3-4,6,8H,5H2,1-2H3,(H2,16,17,19). The van der Waals surface area contributed by atoms with E-state index in [0.717, 1.165) is 12.1 Å². The number of carbonyl (C=O) groups is 2. The molecule has 0 radical (unpaired) electrons. The highest BCUT2D eigenvalue weighted by Gasteiger charge is 2.13. The van der Waals surface area contributed by atoms with Crippen LogP contribution in [0.3, 0.4) is 0 Å². The number of benzene rings is 1. The minimum atomic E-state index is -0.593. The maximum Gasteiger partial charge on any atom is 0.319 e. The Morgan fingerprint density at radius 3 is 2.80 bits per heavy atom. The van der Waals surface area contributed by atoms with E-state index in [9.17, 15) is 14.0 Å². The van der Waals surface area contributed by atoms with Crippen LogP contribution in [0.15, 0.2) is 18.2 Å². The zero-order valence-electron chi connectivity index (χ0n) is 11.1. The molecule has 106 valence electrons. The average Bonchev–Trinajstić information content (AvgIpc) is 2.40. The van der Waals surface area contributed by atoms with Crippen molar-refractivity contribution < 1.29 is 18.7 Å². The lowest BCUT2D eigenvalue weighted by Gasteiger charge is -2.14. The summed E-state index contributed by atoms with van der Waals surface area (Å²) in [6.07, 6.45) is 0.0262. The van der Waals surface area contributed by atoms with Gasteiger partial charge in [-0.15, -0.1) is 0 Å². The number of amides is 2. The van der Waals surface area contributed by atoms with Crippen molar-refractivity contribution in [1.82, 2.24) is 5.32 Å². The number of esters is 1. The summed E-state index contributed by atoms with van der Waals surface area (Å²) in [6, 6.07) is 4.19. The third kappa shape index (κ3) is 4.57. The summed E-state index contributed by atoms with van der Waals surface area (Å²) in [7, 11) is 1.26. The number of hydrogen-bond donors (Lipinski definition) is 2. The molecule has 0 aromatic heterocycles. The summed E-state index contributed by atoms with van der Waals surface area (Å²) < 4.78 is 17.4. The molecule has 6 nitrogen and oxygen atoms in total. The molecule has 2 amide bonds. The highest BCUT2D eigenvalue weighted by Crippen LogP contribution is 2.15. The topological polar surface area (TPSA) is 91.2 Å². The zero-order chi connectivity index (χ0) is 15.1. The van der Waals surface area contributed by atoms with Crippen LogP contribution in [0.25, 0.3) is 0 Å². The van der Waals surface area contributed by atoms with Crippen molar-refractivity contribution in [3.8, 4) is 6.07 Å². The molecule has 0 aliphatic carbocycles.